The monoisotopic (exact) mass is 290 g/mol. The molecule has 5 nitrogen and oxygen atoms in total. The van der Waals surface area contributed by atoms with Crippen LogP contribution in [-0.2, 0) is 13.1 Å². The lowest BCUT2D eigenvalue weighted by Crippen LogP contribution is -2.15. The molecule has 106 valence electrons. The van der Waals surface area contributed by atoms with Crippen molar-refractivity contribution < 1.29 is 4.42 Å². The van der Waals surface area contributed by atoms with Crippen LogP contribution >= 0.6 is 11.3 Å². The second-order valence-corrected chi connectivity index (χ2v) is 6.20. The number of aryl methyl sites for hydroxylation is 4. The summed E-state index contributed by atoms with van der Waals surface area (Å²) < 4.78 is 7.72. The molecule has 0 saturated heterocycles. The molecule has 3 aromatic rings. The Morgan fingerprint density at radius 1 is 1.15 bits per heavy atom. The first-order valence-corrected chi connectivity index (χ1v) is 7.44. The number of hydrogen-bond acceptors (Lipinski definition) is 5. The van der Waals surface area contributed by atoms with Gasteiger partial charge in [0.05, 0.1) is 23.6 Å². The van der Waals surface area contributed by atoms with E-state index in [1.165, 1.54) is 10.6 Å². The van der Waals surface area contributed by atoms with Crippen molar-refractivity contribution in [1.29, 1.82) is 0 Å². The van der Waals surface area contributed by atoms with Crippen molar-refractivity contribution in [2.75, 3.05) is 0 Å². The van der Waals surface area contributed by atoms with Gasteiger partial charge in [-0.1, -0.05) is 0 Å². The predicted octanol–water partition coefficient (Wildman–Crippen LogP) is 2.91. The number of imidazole rings is 1. The Morgan fingerprint density at radius 2 is 1.95 bits per heavy atom. The zero-order valence-electron chi connectivity index (χ0n) is 12.1. The molecule has 3 rings (SSSR count). The van der Waals surface area contributed by atoms with Gasteiger partial charge in [0.25, 0.3) is 0 Å². The zero-order valence-corrected chi connectivity index (χ0v) is 13.0. The summed E-state index contributed by atoms with van der Waals surface area (Å²) in [6.45, 7) is 9.43. The highest BCUT2D eigenvalue weighted by Gasteiger charge is 2.11. The molecule has 0 unspecified atom stereocenters. The van der Waals surface area contributed by atoms with Crippen LogP contribution in [0.15, 0.2) is 10.6 Å². The van der Waals surface area contributed by atoms with E-state index in [9.17, 15) is 0 Å². The maximum Gasteiger partial charge on any atom is 0.208 e. The van der Waals surface area contributed by atoms with Crippen LogP contribution in [0.25, 0.3) is 4.96 Å². The minimum atomic E-state index is 0.629. The van der Waals surface area contributed by atoms with Crippen molar-refractivity contribution in [1.82, 2.24) is 19.7 Å². The molecule has 3 aromatic heterocycles. The van der Waals surface area contributed by atoms with Gasteiger partial charge in [0.1, 0.15) is 5.76 Å². The van der Waals surface area contributed by atoms with Crippen LogP contribution in [0.2, 0.25) is 0 Å². The van der Waals surface area contributed by atoms with Crippen LogP contribution in [0.4, 0.5) is 0 Å². The molecule has 6 heteroatoms. The van der Waals surface area contributed by atoms with E-state index >= 15 is 0 Å². The fourth-order valence-electron chi connectivity index (χ4n) is 2.22. The van der Waals surface area contributed by atoms with Crippen molar-refractivity contribution in [2.24, 2.45) is 0 Å². The minimum absolute atomic E-state index is 0.629. The molecule has 0 radical (unpaired) electrons. The third kappa shape index (κ3) is 2.36. The molecule has 0 fully saturated rings. The highest BCUT2D eigenvalue weighted by atomic mass is 32.1. The quantitative estimate of drug-likeness (QED) is 0.802. The first kappa shape index (κ1) is 13.3. The van der Waals surface area contributed by atoms with Crippen LogP contribution in [-0.4, -0.2) is 14.4 Å². The lowest BCUT2D eigenvalue weighted by molar-refractivity contribution is 0.447. The van der Waals surface area contributed by atoms with E-state index in [1.54, 1.807) is 11.3 Å². The fourth-order valence-corrected chi connectivity index (χ4v) is 3.11. The van der Waals surface area contributed by atoms with Gasteiger partial charge in [-0.05, 0) is 27.7 Å². The van der Waals surface area contributed by atoms with Gasteiger partial charge in [0.2, 0.25) is 5.89 Å². The molecule has 0 bridgehead atoms. The van der Waals surface area contributed by atoms with Gasteiger partial charge in [-0.3, -0.25) is 4.40 Å². The van der Waals surface area contributed by atoms with Crippen LogP contribution in [0.1, 0.15) is 33.6 Å². The molecule has 0 atom stereocenters. The Balaban J connectivity index is 1.72. The Bertz CT molecular complexity index is 733. The number of nitrogens with one attached hydrogen (secondary N) is 1. The second kappa shape index (κ2) is 5.03. The third-order valence-electron chi connectivity index (χ3n) is 3.38. The first-order valence-electron chi connectivity index (χ1n) is 6.62. The van der Waals surface area contributed by atoms with E-state index in [4.69, 9.17) is 4.42 Å². The maximum atomic E-state index is 5.56. The van der Waals surface area contributed by atoms with Crippen LogP contribution in [0.5, 0.6) is 0 Å². The third-order valence-corrected chi connectivity index (χ3v) is 4.28. The van der Waals surface area contributed by atoms with Crippen LogP contribution < -0.4 is 5.32 Å². The number of thiazole rings is 1. The summed E-state index contributed by atoms with van der Waals surface area (Å²) in [7, 11) is 0. The van der Waals surface area contributed by atoms with Crippen molar-refractivity contribution in [3.63, 3.8) is 0 Å². The number of nitrogens with zero attached hydrogens (tertiary/aromatic N) is 3. The fraction of sp³-hybridized carbons (Fsp3) is 0.429. The molecular formula is C14H18N4OS. The molecule has 0 saturated carbocycles. The number of aromatic nitrogens is 3. The van der Waals surface area contributed by atoms with Crippen LogP contribution in [0, 0.1) is 27.7 Å². The summed E-state index contributed by atoms with van der Waals surface area (Å²) in [6.07, 6.45) is 2.14. The topological polar surface area (TPSA) is 55.4 Å². The molecule has 3 heterocycles. The highest BCUT2D eigenvalue weighted by molar-refractivity contribution is 7.17. The van der Waals surface area contributed by atoms with E-state index in [0.29, 0.717) is 6.54 Å². The average molecular weight is 290 g/mol. The Kier molecular flexibility index (Phi) is 3.35. The Morgan fingerprint density at radius 3 is 2.65 bits per heavy atom. The van der Waals surface area contributed by atoms with E-state index in [2.05, 4.69) is 32.8 Å². The lowest BCUT2D eigenvalue weighted by atomic mass is 10.3. The summed E-state index contributed by atoms with van der Waals surface area (Å²) in [6, 6.07) is 0. The van der Waals surface area contributed by atoms with Gasteiger partial charge in [0.15, 0.2) is 4.96 Å². The molecule has 1 N–H and O–H groups in total. The molecule has 0 aliphatic carbocycles. The minimum Gasteiger partial charge on any atom is -0.444 e. The van der Waals surface area contributed by atoms with Gasteiger partial charge in [-0.15, -0.1) is 11.3 Å². The molecule has 0 aliphatic rings. The van der Waals surface area contributed by atoms with Crippen LogP contribution in [0.3, 0.4) is 0 Å². The van der Waals surface area contributed by atoms with Crippen molar-refractivity contribution in [2.45, 2.75) is 40.8 Å². The first-order chi connectivity index (χ1) is 9.54. The Hall–Kier alpha value is -1.66. The second-order valence-electron chi connectivity index (χ2n) is 4.99. The van der Waals surface area contributed by atoms with E-state index in [-0.39, 0.29) is 0 Å². The maximum absolute atomic E-state index is 5.56. The van der Waals surface area contributed by atoms with E-state index < -0.39 is 0 Å². The van der Waals surface area contributed by atoms with Gasteiger partial charge < -0.3 is 9.73 Å². The van der Waals surface area contributed by atoms with E-state index in [0.717, 1.165) is 34.5 Å². The van der Waals surface area contributed by atoms with Crippen molar-refractivity contribution >= 4 is 16.3 Å². The molecule has 0 amide bonds. The summed E-state index contributed by atoms with van der Waals surface area (Å²) in [5.41, 5.74) is 3.23. The SMILES string of the molecule is Cc1cn2c(CNCc3nc(C)c(C)o3)c(C)nc2s1. The molecule has 0 spiro atoms. The van der Waals surface area contributed by atoms with Crippen molar-refractivity contribution in [3.8, 4) is 0 Å². The summed E-state index contributed by atoms with van der Waals surface area (Å²) >= 11 is 1.72. The van der Waals surface area contributed by atoms with Gasteiger partial charge in [-0.2, -0.15) is 0 Å². The highest BCUT2D eigenvalue weighted by Crippen LogP contribution is 2.20. The number of fused-ring (bicyclic) bond motifs is 1. The van der Waals surface area contributed by atoms with Crippen molar-refractivity contribution in [3.05, 3.63) is 39.8 Å². The number of oxazole rings is 1. The smallest absolute Gasteiger partial charge is 0.208 e. The largest absolute Gasteiger partial charge is 0.444 e. The van der Waals surface area contributed by atoms with Gasteiger partial charge in [0, 0.05) is 17.6 Å². The molecule has 0 aliphatic heterocycles. The number of rotatable bonds is 4. The van der Waals surface area contributed by atoms with Gasteiger partial charge in [-0.25, -0.2) is 9.97 Å². The normalized spacial score (nSPS) is 11.6. The summed E-state index contributed by atoms with van der Waals surface area (Å²) in [5, 5.41) is 3.37. The predicted molar refractivity (Wildman–Crippen MR) is 79.1 cm³/mol. The molecular weight excluding hydrogens is 272 g/mol. The standard InChI is InChI=1S/C14H18N4OS/c1-8-7-18-12(10(3)17-14(18)20-8)5-15-6-13-16-9(2)11(4)19-13/h7,15H,5-6H2,1-4H3. The zero-order chi connectivity index (χ0) is 14.3. The number of hydrogen-bond donors (Lipinski definition) is 1. The van der Waals surface area contributed by atoms with Gasteiger partial charge >= 0.3 is 0 Å². The summed E-state index contributed by atoms with van der Waals surface area (Å²) in [5.74, 6) is 1.62. The van der Waals surface area contributed by atoms with E-state index in [1.807, 2.05) is 20.8 Å². The Labute approximate surface area is 121 Å². The summed E-state index contributed by atoms with van der Waals surface area (Å²) in [4.78, 5) is 11.3. The molecule has 0 aromatic carbocycles. The lowest BCUT2D eigenvalue weighted by Gasteiger charge is -2.02. The average Bonchev–Trinajstić information content (AvgIpc) is 2.96. The molecule has 20 heavy (non-hydrogen) atoms.